The lowest BCUT2D eigenvalue weighted by Crippen LogP contribution is -2.52. The molecule has 0 aliphatic heterocycles. The Morgan fingerprint density at radius 1 is 1.07 bits per heavy atom. The topological polar surface area (TPSA) is 69.0 Å². The maximum absolute atomic E-state index is 13.0. The number of nitrogens with zero attached hydrogens (tertiary/aromatic N) is 3. The normalized spacial score (nSPS) is 13.0. The molecule has 6 nitrogen and oxygen atoms in total. The molecule has 0 radical (unpaired) electrons. The van der Waals surface area contributed by atoms with E-state index in [0.717, 1.165) is 21.1 Å². The number of aromatic nitrogens is 3. The SMILES string of the molecule is COC(NC(=O)c1ccccc1)(c1cnc(-c2ccccc2)s1)n1cnc(C)c1. The molecular formula is C22H20N4O2S. The minimum absolute atomic E-state index is 0.256. The summed E-state index contributed by atoms with van der Waals surface area (Å²) in [6.45, 7) is 1.89. The molecule has 1 unspecified atom stereocenters. The molecule has 4 rings (SSSR count). The number of ether oxygens (including phenoxy) is 1. The number of amides is 1. The molecule has 0 saturated carbocycles. The zero-order valence-corrected chi connectivity index (χ0v) is 16.9. The Hall–Kier alpha value is -3.29. The number of aryl methyl sites for hydroxylation is 1. The molecule has 0 bridgehead atoms. The third kappa shape index (κ3) is 3.70. The lowest BCUT2D eigenvalue weighted by atomic mass is 10.2. The van der Waals surface area contributed by atoms with E-state index in [-0.39, 0.29) is 5.91 Å². The molecule has 2 heterocycles. The van der Waals surface area contributed by atoms with E-state index in [9.17, 15) is 4.79 Å². The highest BCUT2D eigenvalue weighted by atomic mass is 32.1. The van der Waals surface area contributed by atoms with Crippen molar-refractivity contribution < 1.29 is 9.53 Å². The molecule has 4 aromatic rings. The molecule has 146 valence electrons. The fourth-order valence-electron chi connectivity index (χ4n) is 3.06. The number of nitrogens with one attached hydrogen (secondary N) is 1. The molecule has 7 heteroatoms. The van der Waals surface area contributed by atoms with Crippen molar-refractivity contribution in [1.29, 1.82) is 0 Å². The van der Waals surface area contributed by atoms with Crippen LogP contribution in [0.15, 0.2) is 79.4 Å². The van der Waals surface area contributed by atoms with Gasteiger partial charge in [0.2, 0.25) is 0 Å². The predicted octanol–water partition coefficient (Wildman–Crippen LogP) is 4.05. The number of benzene rings is 2. The van der Waals surface area contributed by atoms with Crippen molar-refractivity contribution in [3.8, 4) is 10.6 Å². The van der Waals surface area contributed by atoms with Crippen LogP contribution in [0, 0.1) is 6.92 Å². The number of thiazole rings is 1. The summed E-state index contributed by atoms with van der Waals surface area (Å²) in [5.41, 5.74) is 2.36. The predicted molar refractivity (Wildman–Crippen MR) is 113 cm³/mol. The van der Waals surface area contributed by atoms with Gasteiger partial charge in [0.25, 0.3) is 11.8 Å². The summed E-state index contributed by atoms with van der Waals surface area (Å²) in [5, 5.41) is 3.88. The number of hydrogen-bond acceptors (Lipinski definition) is 5. The standard InChI is InChI=1S/C22H20N4O2S/c1-16-14-26(15-24-16)22(28-2,25-20(27)17-9-5-3-6-10-17)19-13-23-21(29-19)18-11-7-4-8-12-18/h3-15H,1-2H3,(H,25,27). The van der Waals surface area contributed by atoms with Crippen LogP contribution < -0.4 is 5.32 Å². The zero-order chi connectivity index (χ0) is 20.3. The molecule has 2 aromatic carbocycles. The molecule has 29 heavy (non-hydrogen) atoms. The van der Waals surface area contributed by atoms with Gasteiger partial charge in [0, 0.05) is 30.6 Å². The third-order valence-corrected chi connectivity index (χ3v) is 5.69. The van der Waals surface area contributed by atoms with Gasteiger partial charge >= 0.3 is 0 Å². The maximum atomic E-state index is 13.0. The Morgan fingerprint density at radius 2 is 1.76 bits per heavy atom. The van der Waals surface area contributed by atoms with E-state index in [1.807, 2.05) is 61.7 Å². The molecule has 1 atom stereocenters. The van der Waals surface area contributed by atoms with E-state index in [4.69, 9.17) is 4.74 Å². The highest BCUT2D eigenvalue weighted by Gasteiger charge is 2.39. The Morgan fingerprint density at radius 3 is 2.38 bits per heavy atom. The van der Waals surface area contributed by atoms with Crippen LogP contribution in [0.2, 0.25) is 0 Å². The van der Waals surface area contributed by atoms with E-state index in [1.54, 1.807) is 36.3 Å². The van der Waals surface area contributed by atoms with Gasteiger partial charge in [-0.15, -0.1) is 11.3 Å². The Labute approximate surface area is 172 Å². The second-order valence-electron chi connectivity index (χ2n) is 6.49. The molecule has 0 aliphatic rings. The van der Waals surface area contributed by atoms with Crippen molar-refractivity contribution in [2.24, 2.45) is 0 Å². The average Bonchev–Trinajstić information content (AvgIpc) is 3.43. The monoisotopic (exact) mass is 404 g/mol. The van der Waals surface area contributed by atoms with Crippen molar-refractivity contribution >= 4 is 17.2 Å². The molecule has 0 aliphatic carbocycles. The largest absolute Gasteiger partial charge is 0.337 e. The number of carbonyl (C=O) groups is 1. The van der Waals surface area contributed by atoms with Gasteiger partial charge in [-0.25, -0.2) is 9.97 Å². The highest BCUT2D eigenvalue weighted by Crippen LogP contribution is 2.34. The van der Waals surface area contributed by atoms with Gasteiger partial charge in [-0.3, -0.25) is 9.36 Å². The van der Waals surface area contributed by atoms with Crippen LogP contribution in [0.5, 0.6) is 0 Å². The number of methoxy groups -OCH3 is 1. The van der Waals surface area contributed by atoms with Crippen LogP contribution in [0.25, 0.3) is 10.6 Å². The quantitative estimate of drug-likeness (QED) is 0.492. The summed E-state index contributed by atoms with van der Waals surface area (Å²) in [6.07, 6.45) is 5.21. The number of carbonyl (C=O) groups excluding carboxylic acids is 1. The molecule has 1 N–H and O–H groups in total. The summed E-state index contributed by atoms with van der Waals surface area (Å²) < 4.78 is 7.68. The summed E-state index contributed by atoms with van der Waals surface area (Å²) in [4.78, 5) is 22.6. The summed E-state index contributed by atoms with van der Waals surface area (Å²) in [6, 6.07) is 18.9. The summed E-state index contributed by atoms with van der Waals surface area (Å²) in [5.74, 6) is -1.52. The van der Waals surface area contributed by atoms with Gasteiger partial charge in [0.1, 0.15) is 5.01 Å². The first-order valence-corrected chi connectivity index (χ1v) is 9.89. The fraction of sp³-hybridized carbons (Fsp3) is 0.136. The van der Waals surface area contributed by atoms with Gasteiger partial charge in [-0.2, -0.15) is 0 Å². The Bertz CT molecular complexity index is 1110. The van der Waals surface area contributed by atoms with E-state index in [2.05, 4.69) is 15.3 Å². The first kappa shape index (κ1) is 19.0. The first-order chi connectivity index (χ1) is 14.1. The van der Waals surface area contributed by atoms with Gasteiger partial charge in [-0.05, 0) is 19.1 Å². The van der Waals surface area contributed by atoms with E-state index in [0.29, 0.717) is 5.56 Å². The van der Waals surface area contributed by atoms with Crippen molar-refractivity contribution in [2.75, 3.05) is 7.11 Å². The van der Waals surface area contributed by atoms with E-state index >= 15 is 0 Å². The number of hydrogen-bond donors (Lipinski definition) is 1. The van der Waals surface area contributed by atoms with Crippen LogP contribution in [-0.2, 0) is 10.6 Å². The number of imidazole rings is 1. The maximum Gasteiger partial charge on any atom is 0.265 e. The smallest absolute Gasteiger partial charge is 0.265 e. The van der Waals surface area contributed by atoms with E-state index in [1.165, 1.54) is 11.3 Å². The summed E-state index contributed by atoms with van der Waals surface area (Å²) in [7, 11) is 1.56. The van der Waals surface area contributed by atoms with Crippen molar-refractivity contribution in [2.45, 2.75) is 12.8 Å². The lowest BCUT2D eigenvalue weighted by Gasteiger charge is -2.33. The Balaban J connectivity index is 1.78. The van der Waals surface area contributed by atoms with Crippen molar-refractivity contribution in [3.63, 3.8) is 0 Å². The molecule has 0 spiro atoms. The van der Waals surface area contributed by atoms with Crippen LogP contribution in [0.4, 0.5) is 0 Å². The van der Waals surface area contributed by atoms with Crippen molar-refractivity contribution in [3.05, 3.63) is 95.5 Å². The zero-order valence-electron chi connectivity index (χ0n) is 16.1. The third-order valence-electron chi connectivity index (χ3n) is 4.55. The minimum atomic E-state index is -1.26. The van der Waals surface area contributed by atoms with Gasteiger partial charge in [-0.1, -0.05) is 48.5 Å². The van der Waals surface area contributed by atoms with Crippen LogP contribution in [0.1, 0.15) is 20.9 Å². The molecule has 0 saturated heterocycles. The second-order valence-corrected chi connectivity index (χ2v) is 7.52. The van der Waals surface area contributed by atoms with Gasteiger partial charge in [0.05, 0.1) is 16.9 Å². The van der Waals surface area contributed by atoms with Crippen LogP contribution >= 0.6 is 11.3 Å². The van der Waals surface area contributed by atoms with Crippen molar-refractivity contribution in [1.82, 2.24) is 19.9 Å². The summed E-state index contributed by atoms with van der Waals surface area (Å²) >= 11 is 1.46. The Kier molecular flexibility index (Phi) is 5.24. The molecule has 2 aromatic heterocycles. The first-order valence-electron chi connectivity index (χ1n) is 9.08. The molecular weight excluding hydrogens is 384 g/mol. The minimum Gasteiger partial charge on any atom is -0.337 e. The van der Waals surface area contributed by atoms with Gasteiger partial charge in [0.15, 0.2) is 0 Å². The molecule has 1 amide bonds. The number of rotatable bonds is 6. The van der Waals surface area contributed by atoms with E-state index < -0.39 is 5.85 Å². The fourth-order valence-corrected chi connectivity index (χ4v) is 4.12. The second kappa shape index (κ2) is 7.98. The average molecular weight is 404 g/mol. The van der Waals surface area contributed by atoms with Crippen LogP contribution in [0.3, 0.4) is 0 Å². The lowest BCUT2D eigenvalue weighted by molar-refractivity contribution is -0.0604. The molecule has 0 fully saturated rings. The highest BCUT2D eigenvalue weighted by molar-refractivity contribution is 7.15. The van der Waals surface area contributed by atoms with Gasteiger partial charge < -0.3 is 10.1 Å². The van der Waals surface area contributed by atoms with Crippen LogP contribution in [-0.4, -0.2) is 27.6 Å².